The average Bonchev–Trinajstić information content (AvgIpc) is 2.36. The van der Waals surface area contributed by atoms with Gasteiger partial charge in [0.15, 0.2) is 12.7 Å². The van der Waals surface area contributed by atoms with Crippen LogP contribution in [0.5, 0.6) is 5.75 Å². The summed E-state index contributed by atoms with van der Waals surface area (Å²) in [6, 6.07) is 9.31. The Bertz CT molecular complexity index is 413. The van der Waals surface area contributed by atoms with Crippen LogP contribution in [0, 0.1) is 0 Å². The Hall–Kier alpha value is -2.04. The Balaban J connectivity index is 2.45. The highest BCUT2D eigenvalue weighted by atomic mass is 16.7. The van der Waals surface area contributed by atoms with E-state index in [4.69, 9.17) is 14.3 Å². The van der Waals surface area contributed by atoms with Gasteiger partial charge in [0.2, 0.25) is 0 Å². The SMILES string of the molecule is CC(=O)O[C@@H](CON=C(C)C)COc1ccccc1. The summed E-state index contributed by atoms with van der Waals surface area (Å²) in [5.74, 6) is 0.345. The maximum Gasteiger partial charge on any atom is 0.303 e. The van der Waals surface area contributed by atoms with Gasteiger partial charge in [-0.15, -0.1) is 0 Å². The van der Waals surface area contributed by atoms with Crippen molar-refractivity contribution in [2.24, 2.45) is 5.16 Å². The lowest BCUT2D eigenvalue weighted by Crippen LogP contribution is -2.28. The molecule has 1 atom stereocenters. The number of oxime groups is 1. The summed E-state index contributed by atoms with van der Waals surface area (Å²) in [5, 5.41) is 3.80. The lowest BCUT2D eigenvalue weighted by molar-refractivity contribution is -0.151. The van der Waals surface area contributed by atoms with E-state index >= 15 is 0 Å². The predicted molar refractivity (Wildman–Crippen MR) is 72.2 cm³/mol. The van der Waals surface area contributed by atoms with Gasteiger partial charge in [0.1, 0.15) is 12.4 Å². The first-order chi connectivity index (χ1) is 9.08. The van der Waals surface area contributed by atoms with Gasteiger partial charge in [-0.05, 0) is 26.0 Å². The minimum Gasteiger partial charge on any atom is -0.490 e. The van der Waals surface area contributed by atoms with Crippen LogP contribution in [0.25, 0.3) is 0 Å². The number of carbonyl (C=O) groups is 1. The van der Waals surface area contributed by atoms with E-state index < -0.39 is 6.10 Å². The number of ether oxygens (including phenoxy) is 2. The Labute approximate surface area is 113 Å². The highest BCUT2D eigenvalue weighted by Crippen LogP contribution is 2.09. The Morgan fingerprint density at radius 3 is 2.42 bits per heavy atom. The Morgan fingerprint density at radius 1 is 1.16 bits per heavy atom. The monoisotopic (exact) mass is 265 g/mol. The van der Waals surface area contributed by atoms with Crippen LogP contribution < -0.4 is 4.74 Å². The van der Waals surface area contributed by atoms with Gasteiger partial charge in [-0.3, -0.25) is 4.79 Å². The molecule has 0 saturated heterocycles. The van der Waals surface area contributed by atoms with Crippen molar-refractivity contribution in [3.63, 3.8) is 0 Å². The second kappa shape index (κ2) is 8.13. The standard InChI is InChI=1S/C14H19NO4/c1-11(2)15-18-10-14(19-12(3)16)9-17-13-7-5-4-6-8-13/h4-8,14H,9-10H2,1-3H3/t14-/m1/s1. The number of nitrogens with zero attached hydrogens (tertiary/aromatic N) is 1. The highest BCUT2D eigenvalue weighted by Gasteiger charge is 2.14. The molecule has 1 aromatic rings. The van der Waals surface area contributed by atoms with Crippen molar-refractivity contribution in [3.05, 3.63) is 30.3 Å². The van der Waals surface area contributed by atoms with E-state index in [-0.39, 0.29) is 19.2 Å². The number of para-hydroxylation sites is 1. The van der Waals surface area contributed by atoms with Crippen LogP contribution in [0.15, 0.2) is 35.5 Å². The summed E-state index contributed by atoms with van der Waals surface area (Å²) in [6.07, 6.45) is -0.485. The third kappa shape index (κ3) is 7.08. The maximum atomic E-state index is 11.0. The third-order valence-electron chi connectivity index (χ3n) is 2.02. The average molecular weight is 265 g/mol. The zero-order valence-corrected chi connectivity index (χ0v) is 11.5. The molecule has 0 amide bonds. The first-order valence-electron chi connectivity index (χ1n) is 6.06. The number of esters is 1. The summed E-state index contributed by atoms with van der Waals surface area (Å²) in [7, 11) is 0. The van der Waals surface area contributed by atoms with Crippen molar-refractivity contribution in [1.82, 2.24) is 0 Å². The second-order valence-corrected chi connectivity index (χ2v) is 4.19. The van der Waals surface area contributed by atoms with Crippen molar-refractivity contribution in [2.45, 2.75) is 26.9 Å². The maximum absolute atomic E-state index is 11.0. The quantitative estimate of drug-likeness (QED) is 0.431. The molecule has 1 rings (SSSR count). The van der Waals surface area contributed by atoms with Crippen molar-refractivity contribution in [2.75, 3.05) is 13.2 Å². The topological polar surface area (TPSA) is 57.1 Å². The van der Waals surface area contributed by atoms with Crippen molar-refractivity contribution < 1.29 is 19.1 Å². The summed E-state index contributed by atoms with van der Waals surface area (Å²) in [4.78, 5) is 16.1. The molecule has 0 heterocycles. The van der Waals surface area contributed by atoms with Crippen LogP contribution in [0.3, 0.4) is 0 Å². The lowest BCUT2D eigenvalue weighted by atomic mass is 10.3. The summed E-state index contributed by atoms with van der Waals surface area (Å²) in [5.41, 5.74) is 0.797. The molecule has 0 aromatic heterocycles. The first kappa shape index (κ1) is 15.0. The van der Waals surface area contributed by atoms with Crippen molar-refractivity contribution in [3.8, 4) is 5.75 Å². The summed E-state index contributed by atoms with van der Waals surface area (Å²) >= 11 is 0. The fraction of sp³-hybridized carbons (Fsp3) is 0.429. The van der Waals surface area contributed by atoms with Crippen molar-refractivity contribution in [1.29, 1.82) is 0 Å². The zero-order valence-electron chi connectivity index (χ0n) is 11.5. The van der Waals surface area contributed by atoms with Gasteiger partial charge < -0.3 is 14.3 Å². The number of hydrogen-bond acceptors (Lipinski definition) is 5. The lowest BCUT2D eigenvalue weighted by Gasteiger charge is -2.16. The molecule has 104 valence electrons. The van der Waals surface area contributed by atoms with Gasteiger partial charge in [-0.25, -0.2) is 0 Å². The zero-order chi connectivity index (χ0) is 14.1. The van der Waals surface area contributed by atoms with Crippen LogP contribution in [-0.4, -0.2) is 31.0 Å². The van der Waals surface area contributed by atoms with E-state index in [1.54, 1.807) is 0 Å². The van der Waals surface area contributed by atoms with Gasteiger partial charge in [-0.2, -0.15) is 0 Å². The van der Waals surface area contributed by atoms with Gasteiger partial charge >= 0.3 is 5.97 Å². The fourth-order valence-corrected chi connectivity index (χ4v) is 1.31. The summed E-state index contributed by atoms with van der Waals surface area (Å²) in [6.45, 7) is 5.38. The number of benzene rings is 1. The van der Waals surface area contributed by atoms with Gasteiger partial charge in [0.25, 0.3) is 0 Å². The molecule has 0 N–H and O–H groups in total. The Morgan fingerprint density at radius 2 is 1.84 bits per heavy atom. The largest absolute Gasteiger partial charge is 0.490 e. The van der Waals surface area contributed by atoms with E-state index in [0.717, 1.165) is 11.5 Å². The molecule has 1 aromatic carbocycles. The molecule has 0 bridgehead atoms. The normalized spacial score (nSPS) is 11.3. The second-order valence-electron chi connectivity index (χ2n) is 4.19. The molecule has 5 heteroatoms. The fourth-order valence-electron chi connectivity index (χ4n) is 1.31. The molecule has 5 nitrogen and oxygen atoms in total. The van der Waals surface area contributed by atoms with Gasteiger partial charge in [0.05, 0.1) is 5.71 Å². The van der Waals surface area contributed by atoms with Crippen molar-refractivity contribution >= 4 is 11.7 Å². The van der Waals surface area contributed by atoms with E-state index in [9.17, 15) is 4.79 Å². The molecule has 0 unspecified atom stereocenters. The van der Waals surface area contributed by atoms with Gasteiger partial charge in [0, 0.05) is 6.92 Å². The molecule has 0 aliphatic carbocycles. The Kier molecular flexibility index (Phi) is 6.43. The van der Waals surface area contributed by atoms with E-state index in [0.29, 0.717) is 0 Å². The number of rotatable bonds is 7. The molecular weight excluding hydrogens is 246 g/mol. The minimum absolute atomic E-state index is 0.164. The summed E-state index contributed by atoms with van der Waals surface area (Å²) < 4.78 is 10.6. The van der Waals surface area contributed by atoms with Crippen LogP contribution in [0.2, 0.25) is 0 Å². The van der Waals surface area contributed by atoms with E-state index in [2.05, 4.69) is 5.16 Å². The number of hydrogen-bond donors (Lipinski definition) is 0. The van der Waals surface area contributed by atoms with E-state index in [1.807, 2.05) is 44.2 Å². The number of carbonyl (C=O) groups excluding carboxylic acids is 1. The van der Waals surface area contributed by atoms with Crippen LogP contribution >= 0.6 is 0 Å². The molecule has 0 radical (unpaired) electrons. The first-order valence-corrected chi connectivity index (χ1v) is 6.06. The molecule has 0 spiro atoms. The molecular formula is C14H19NO4. The van der Waals surface area contributed by atoms with Crippen LogP contribution in [0.1, 0.15) is 20.8 Å². The molecule has 0 fully saturated rings. The molecule has 0 aliphatic rings. The van der Waals surface area contributed by atoms with E-state index in [1.165, 1.54) is 6.92 Å². The molecule has 0 aliphatic heterocycles. The van der Waals surface area contributed by atoms with Crippen LogP contribution in [0.4, 0.5) is 0 Å². The van der Waals surface area contributed by atoms with Crippen LogP contribution in [-0.2, 0) is 14.4 Å². The smallest absolute Gasteiger partial charge is 0.303 e. The minimum atomic E-state index is -0.485. The molecule has 0 saturated carbocycles. The predicted octanol–water partition coefficient (Wildman–Crippen LogP) is 2.41. The molecule has 19 heavy (non-hydrogen) atoms. The van der Waals surface area contributed by atoms with Gasteiger partial charge in [-0.1, -0.05) is 23.4 Å². The highest BCUT2D eigenvalue weighted by molar-refractivity contribution is 5.78. The third-order valence-corrected chi connectivity index (χ3v) is 2.02.